The van der Waals surface area contributed by atoms with Gasteiger partial charge in [-0.15, -0.1) is 0 Å². The highest BCUT2D eigenvalue weighted by Gasteiger charge is 2.23. The second-order valence-electron chi connectivity index (χ2n) is 10.6. The van der Waals surface area contributed by atoms with Crippen LogP contribution in [0.2, 0.25) is 0 Å². The van der Waals surface area contributed by atoms with Crippen molar-refractivity contribution in [1.29, 1.82) is 0 Å². The minimum atomic E-state index is -0.953. The summed E-state index contributed by atoms with van der Waals surface area (Å²) in [6.07, 6.45) is 2.39. The van der Waals surface area contributed by atoms with Crippen LogP contribution in [0.4, 0.5) is 34.1 Å². The van der Waals surface area contributed by atoms with E-state index in [0.717, 1.165) is 36.4 Å². The fraction of sp³-hybridized carbons (Fsp3) is 0. The lowest BCUT2D eigenvalue weighted by Gasteiger charge is -2.12. The van der Waals surface area contributed by atoms with E-state index in [4.69, 9.17) is 9.47 Å². The molecule has 0 amide bonds. The zero-order chi connectivity index (χ0) is 38.8. The molecule has 54 heavy (non-hydrogen) atoms. The number of non-ortho nitro benzene ring substituents is 2. The molecule has 5 aromatic rings. The summed E-state index contributed by atoms with van der Waals surface area (Å²) < 4.78 is 11.2. The molecule has 0 saturated heterocycles. The van der Waals surface area contributed by atoms with Gasteiger partial charge in [-0.1, -0.05) is 36.4 Å². The molecule has 0 atom stereocenters. The largest absolute Gasteiger partial charge is 0.422 e. The first-order chi connectivity index (χ1) is 25.9. The minimum absolute atomic E-state index is 0.00302. The van der Waals surface area contributed by atoms with Gasteiger partial charge >= 0.3 is 23.3 Å². The lowest BCUT2D eigenvalue weighted by molar-refractivity contribution is -0.393. The number of ether oxygens (including phenoxy) is 2. The van der Waals surface area contributed by atoms with Crippen molar-refractivity contribution >= 4 is 58.5 Å². The summed E-state index contributed by atoms with van der Waals surface area (Å²) in [5.41, 5.74) is 2.59. The summed E-state index contributed by atoms with van der Waals surface area (Å²) >= 11 is 0. The van der Waals surface area contributed by atoms with Gasteiger partial charge in [-0.05, 0) is 48.5 Å². The Morgan fingerprint density at radius 2 is 0.889 bits per heavy atom. The molecule has 0 bridgehead atoms. The van der Waals surface area contributed by atoms with Crippen LogP contribution in [-0.4, -0.2) is 44.1 Å². The Morgan fingerprint density at radius 3 is 1.26 bits per heavy atom. The fourth-order valence-electron chi connectivity index (χ4n) is 4.61. The third kappa shape index (κ3) is 8.83. The molecule has 0 heterocycles. The smallest absolute Gasteiger partial charge is 0.344 e. The van der Waals surface area contributed by atoms with Gasteiger partial charge in [0, 0.05) is 23.3 Å². The Balaban J connectivity index is 1.31. The number of para-hydroxylation sites is 2. The third-order valence-corrected chi connectivity index (χ3v) is 7.17. The molecule has 270 valence electrons. The van der Waals surface area contributed by atoms with Crippen molar-refractivity contribution in [2.45, 2.75) is 0 Å². The molecular formula is C34H22N8O12. The number of nitro benzene ring substituents is 4. The van der Waals surface area contributed by atoms with Crippen LogP contribution in [0, 0.1) is 40.5 Å². The molecule has 20 nitrogen and oxygen atoms in total. The maximum atomic E-state index is 13.4. The van der Waals surface area contributed by atoms with Crippen LogP contribution in [0.3, 0.4) is 0 Å². The van der Waals surface area contributed by atoms with Crippen LogP contribution < -0.4 is 20.3 Å². The van der Waals surface area contributed by atoms with E-state index in [9.17, 15) is 50.0 Å². The molecular weight excluding hydrogens is 712 g/mol. The highest BCUT2D eigenvalue weighted by molar-refractivity contribution is 6.05. The van der Waals surface area contributed by atoms with Crippen molar-refractivity contribution in [3.05, 3.63) is 172 Å². The molecule has 0 aliphatic heterocycles. The number of carbonyl (C=O) groups is 2. The van der Waals surface area contributed by atoms with Crippen LogP contribution in [-0.2, 0) is 0 Å². The number of hydrogen-bond donors (Lipinski definition) is 2. The Hall–Kier alpha value is -8.42. The second kappa shape index (κ2) is 16.5. The van der Waals surface area contributed by atoms with E-state index in [1.807, 2.05) is 0 Å². The molecule has 0 aliphatic rings. The maximum Gasteiger partial charge on any atom is 0.344 e. The van der Waals surface area contributed by atoms with E-state index in [1.54, 1.807) is 24.3 Å². The topological polar surface area (TPSA) is 274 Å². The van der Waals surface area contributed by atoms with Crippen molar-refractivity contribution < 1.29 is 38.8 Å². The average molecular weight is 735 g/mol. The first-order valence-corrected chi connectivity index (χ1v) is 15.1. The average Bonchev–Trinajstić information content (AvgIpc) is 3.16. The highest BCUT2D eigenvalue weighted by atomic mass is 16.6. The zero-order valence-corrected chi connectivity index (χ0v) is 27.1. The molecule has 5 rings (SSSR count). The highest BCUT2D eigenvalue weighted by Crippen LogP contribution is 2.30. The number of benzene rings is 5. The van der Waals surface area contributed by atoms with Crippen molar-refractivity contribution in [2.75, 3.05) is 10.9 Å². The molecule has 0 fully saturated rings. The minimum Gasteiger partial charge on any atom is -0.422 e. The number of esters is 2. The SMILES string of the molecule is O=C(Oc1ccccc1/C=N/Nc1ccc([N+](=O)[O-])cc1[N+](=O)[O-])c1ccccc1C(=O)Oc1ccccc1/C=N/Nc1ccc([N+](=O)[O-])cc1[N+](=O)[O-]. The van der Waals surface area contributed by atoms with Crippen molar-refractivity contribution in [3.8, 4) is 11.5 Å². The lowest BCUT2D eigenvalue weighted by Crippen LogP contribution is -2.18. The molecule has 5 aromatic carbocycles. The number of nitrogens with zero attached hydrogens (tertiary/aromatic N) is 6. The van der Waals surface area contributed by atoms with E-state index in [1.165, 1.54) is 61.0 Å². The van der Waals surface area contributed by atoms with Crippen LogP contribution in [0.5, 0.6) is 11.5 Å². The van der Waals surface area contributed by atoms with Gasteiger partial charge in [-0.25, -0.2) is 9.59 Å². The van der Waals surface area contributed by atoms with Crippen molar-refractivity contribution in [2.24, 2.45) is 10.2 Å². The number of rotatable bonds is 14. The fourth-order valence-corrected chi connectivity index (χ4v) is 4.61. The van der Waals surface area contributed by atoms with Crippen LogP contribution in [0.15, 0.2) is 119 Å². The molecule has 0 spiro atoms. The summed E-state index contributed by atoms with van der Waals surface area (Å²) in [5, 5.41) is 52.8. The van der Waals surface area contributed by atoms with Crippen LogP contribution >= 0.6 is 0 Å². The van der Waals surface area contributed by atoms with E-state index in [2.05, 4.69) is 21.1 Å². The van der Waals surface area contributed by atoms with Gasteiger partial charge in [0.1, 0.15) is 22.9 Å². The number of nitrogens with one attached hydrogen (secondary N) is 2. The summed E-state index contributed by atoms with van der Waals surface area (Å²) in [5.74, 6) is -1.91. The van der Waals surface area contributed by atoms with Gasteiger partial charge in [0.15, 0.2) is 0 Å². The second-order valence-corrected chi connectivity index (χ2v) is 10.6. The Labute approximate surface area is 301 Å². The summed E-state index contributed by atoms with van der Waals surface area (Å²) in [7, 11) is 0. The zero-order valence-electron chi connectivity index (χ0n) is 27.1. The van der Waals surface area contributed by atoms with E-state index >= 15 is 0 Å². The number of hydrazone groups is 2. The Kier molecular flexibility index (Phi) is 11.3. The molecule has 0 saturated carbocycles. The van der Waals surface area contributed by atoms with E-state index < -0.39 is 54.4 Å². The third-order valence-electron chi connectivity index (χ3n) is 7.17. The Morgan fingerprint density at radius 1 is 0.519 bits per heavy atom. The molecule has 0 radical (unpaired) electrons. The number of hydrogen-bond acceptors (Lipinski definition) is 16. The maximum absolute atomic E-state index is 13.4. The van der Waals surface area contributed by atoms with Crippen LogP contribution in [0.1, 0.15) is 31.8 Å². The van der Waals surface area contributed by atoms with Crippen LogP contribution in [0.25, 0.3) is 0 Å². The van der Waals surface area contributed by atoms with Gasteiger partial charge < -0.3 is 9.47 Å². The first kappa shape index (κ1) is 36.9. The number of carbonyl (C=O) groups excluding carboxylic acids is 2. The van der Waals surface area contributed by atoms with Gasteiger partial charge in [0.05, 0.1) is 55.4 Å². The van der Waals surface area contributed by atoms with E-state index in [-0.39, 0.29) is 45.1 Å². The summed E-state index contributed by atoms with van der Waals surface area (Å²) in [6, 6.07) is 23.8. The predicted octanol–water partition coefficient (Wildman–Crippen LogP) is 6.65. The van der Waals surface area contributed by atoms with Gasteiger partial charge in [0.25, 0.3) is 11.4 Å². The monoisotopic (exact) mass is 734 g/mol. The summed E-state index contributed by atoms with van der Waals surface area (Å²) in [4.78, 5) is 68.5. The van der Waals surface area contributed by atoms with Crippen molar-refractivity contribution in [1.82, 2.24) is 0 Å². The van der Waals surface area contributed by atoms with Gasteiger partial charge in [0.2, 0.25) is 0 Å². The lowest BCUT2D eigenvalue weighted by atomic mass is 10.1. The standard InChI is InChI=1S/C34H22N8O12/c43-33(53-31-11-5-1-7-21(31)19-35-37-27-15-13-23(39(45)46)17-29(27)41(49)50)25-9-3-4-10-26(25)34(44)54-32-12-6-2-8-22(32)20-36-38-28-16-14-24(40(47)48)18-30(28)42(51)52/h1-20,37-38H/b35-19+,36-20+. The number of nitro groups is 4. The van der Waals surface area contributed by atoms with Gasteiger partial charge in [-0.2, -0.15) is 10.2 Å². The molecule has 2 N–H and O–H groups in total. The quantitative estimate of drug-likeness (QED) is 0.0397. The normalized spacial score (nSPS) is 10.8. The molecule has 0 unspecified atom stereocenters. The number of anilines is 2. The first-order valence-electron chi connectivity index (χ1n) is 15.1. The molecule has 0 aromatic heterocycles. The van der Waals surface area contributed by atoms with Crippen molar-refractivity contribution in [3.63, 3.8) is 0 Å². The predicted molar refractivity (Wildman–Crippen MR) is 191 cm³/mol. The summed E-state index contributed by atoms with van der Waals surface area (Å²) in [6.45, 7) is 0. The van der Waals surface area contributed by atoms with E-state index in [0.29, 0.717) is 0 Å². The molecule has 20 heteroatoms. The van der Waals surface area contributed by atoms with Gasteiger partial charge in [-0.3, -0.25) is 51.3 Å². The molecule has 0 aliphatic carbocycles. The Bertz CT molecular complexity index is 2220.